The van der Waals surface area contributed by atoms with Crippen LogP contribution < -0.4 is 5.32 Å². The molecular formula is C8H14N4O4. The highest BCUT2D eigenvalue weighted by atomic mass is 16.6. The summed E-state index contributed by atoms with van der Waals surface area (Å²) in [4.78, 5) is 10.2. The number of nitrogens with zero attached hydrogens (tertiary/aromatic N) is 3. The number of aliphatic hydroxyl groups excluding tert-OH is 2. The van der Waals surface area contributed by atoms with Crippen molar-refractivity contribution in [2.24, 2.45) is 7.05 Å². The lowest BCUT2D eigenvalue weighted by molar-refractivity contribution is -0.384. The van der Waals surface area contributed by atoms with E-state index in [1.165, 1.54) is 11.6 Å². The molecule has 1 rings (SSSR count). The molecule has 0 unspecified atom stereocenters. The molecule has 0 saturated carbocycles. The van der Waals surface area contributed by atoms with Crippen molar-refractivity contribution in [2.75, 3.05) is 18.5 Å². The van der Waals surface area contributed by atoms with Crippen LogP contribution in [0.3, 0.4) is 0 Å². The first-order valence-corrected chi connectivity index (χ1v) is 4.68. The van der Waals surface area contributed by atoms with Gasteiger partial charge in [-0.1, -0.05) is 0 Å². The SMILES string of the molecule is Cc1nn(C)c(NC[C@H](O)CO)c1[N+](=O)[O-]. The van der Waals surface area contributed by atoms with Crippen LogP contribution in [0.1, 0.15) is 5.69 Å². The summed E-state index contributed by atoms with van der Waals surface area (Å²) < 4.78 is 1.33. The van der Waals surface area contributed by atoms with Crippen LogP contribution in [0.4, 0.5) is 11.5 Å². The minimum absolute atomic E-state index is 0.0241. The van der Waals surface area contributed by atoms with Crippen LogP contribution in [0.15, 0.2) is 0 Å². The number of aliphatic hydroxyl groups is 2. The van der Waals surface area contributed by atoms with E-state index in [1.807, 2.05) is 0 Å². The third-order valence-electron chi connectivity index (χ3n) is 2.09. The van der Waals surface area contributed by atoms with Gasteiger partial charge in [-0.05, 0) is 6.92 Å². The number of rotatable bonds is 5. The maximum Gasteiger partial charge on any atom is 0.333 e. The number of hydrogen-bond donors (Lipinski definition) is 3. The van der Waals surface area contributed by atoms with Gasteiger partial charge in [-0.25, -0.2) is 4.68 Å². The summed E-state index contributed by atoms with van der Waals surface area (Å²) in [6.45, 7) is 1.15. The minimum atomic E-state index is -0.963. The van der Waals surface area contributed by atoms with Crippen molar-refractivity contribution in [3.05, 3.63) is 15.8 Å². The molecular weight excluding hydrogens is 216 g/mol. The van der Waals surface area contributed by atoms with Gasteiger partial charge in [0.05, 0.1) is 17.6 Å². The largest absolute Gasteiger partial charge is 0.394 e. The molecule has 8 heteroatoms. The van der Waals surface area contributed by atoms with Gasteiger partial charge >= 0.3 is 5.69 Å². The summed E-state index contributed by atoms with van der Waals surface area (Å²) in [5.41, 5.74) is 0.182. The van der Waals surface area contributed by atoms with Gasteiger partial charge in [0.15, 0.2) is 0 Å². The van der Waals surface area contributed by atoms with Crippen LogP contribution in [0, 0.1) is 17.0 Å². The zero-order valence-corrected chi connectivity index (χ0v) is 9.04. The molecule has 16 heavy (non-hydrogen) atoms. The normalized spacial score (nSPS) is 12.5. The third kappa shape index (κ3) is 2.47. The molecule has 0 amide bonds. The van der Waals surface area contributed by atoms with Gasteiger partial charge in [-0.15, -0.1) is 0 Å². The molecule has 0 aliphatic heterocycles. The quantitative estimate of drug-likeness (QED) is 0.460. The number of nitrogens with one attached hydrogen (secondary N) is 1. The molecule has 3 N–H and O–H groups in total. The van der Waals surface area contributed by atoms with Crippen molar-refractivity contribution in [1.29, 1.82) is 0 Å². The van der Waals surface area contributed by atoms with Crippen LogP contribution in [0.2, 0.25) is 0 Å². The molecule has 0 bridgehead atoms. The van der Waals surface area contributed by atoms with E-state index in [4.69, 9.17) is 10.2 Å². The van der Waals surface area contributed by atoms with Crippen molar-refractivity contribution in [3.63, 3.8) is 0 Å². The van der Waals surface area contributed by atoms with Gasteiger partial charge in [0.1, 0.15) is 5.69 Å². The predicted molar refractivity (Wildman–Crippen MR) is 56.2 cm³/mol. The molecule has 0 aromatic carbocycles. The highest BCUT2D eigenvalue weighted by Crippen LogP contribution is 2.26. The van der Waals surface area contributed by atoms with E-state index in [1.54, 1.807) is 7.05 Å². The molecule has 0 radical (unpaired) electrons. The van der Waals surface area contributed by atoms with Crippen molar-refractivity contribution in [2.45, 2.75) is 13.0 Å². The highest BCUT2D eigenvalue weighted by Gasteiger charge is 2.23. The number of aryl methyl sites for hydroxylation is 2. The summed E-state index contributed by atoms with van der Waals surface area (Å²) in [6.07, 6.45) is -0.963. The minimum Gasteiger partial charge on any atom is -0.394 e. The van der Waals surface area contributed by atoms with E-state index in [-0.39, 0.29) is 18.1 Å². The first kappa shape index (κ1) is 12.4. The lowest BCUT2D eigenvalue weighted by Gasteiger charge is -2.09. The van der Waals surface area contributed by atoms with Crippen molar-refractivity contribution < 1.29 is 15.1 Å². The van der Waals surface area contributed by atoms with E-state index < -0.39 is 17.6 Å². The highest BCUT2D eigenvalue weighted by molar-refractivity contribution is 5.59. The molecule has 1 aromatic rings. The molecule has 1 aromatic heterocycles. The fourth-order valence-electron chi connectivity index (χ4n) is 1.34. The predicted octanol–water partition coefficient (Wildman–Crippen LogP) is -0.598. The lowest BCUT2D eigenvalue weighted by atomic mass is 10.3. The van der Waals surface area contributed by atoms with Gasteiger partial charge < -0.3 is 15.5 Å². The van der Waals surface area contributed by atoms with Crippen LogP contribution in [-0.2, 0) is 7.05 Å². The molecule has 1 heterocycles. The monoisotopic (exact) mass is 230 g/mol. The Labute approximate surface area is 91.7 Å². The van der Waals surface area contributed by atoms with Crippen LogP contribution in [0.5, 0.6) is 0 Å². The average molecular weight is 230 g/mol. The number of anilines is 1. The molecule has 0 aliphatic carbocycles. The van der Waals surface area contributed by atoms with Crippen molar-refractivity contribution in [3.8, 4) is 0 Å². The topological polar surface area (TPSA) is 113 Å². The zero-order valence-electron chi connectivity index (χ0n) is 9.04. The fourth-order valence-corrected chi connectivity index (χ4v) is 1.34. The Morgan fingerprint density at radius 2 is 2.31 bits per heavy atom. The Morgan fingerprint density at radius 3 is 2.81 bits per heavy atom. The van der Waals surface area contributed by atoms with Gasteiger partial charge in [-0.2, -0.15) is 5.10 Å². The smallest absolute Gasteiger partial charge is 0.333 e. The number of aromatic nitrogens is 2. The number of hydrogen-bond acceptors (Lipinski definition) is 6. The Hall–Kier alpha value is -1.67. The Balaban J connectivity index is 2.90. The third-order valence-corrected chi connectivity index (χ3v) is 2.09. The van der Waals surface area contributed by atoms with Crippen molar-refractivity contribution in [1.82, 2.24) is 9.78 Å². The fraction of sp³-hybridized carbons (Fsp3) is 0.625. The molecule has 1 atom stereocenters. The van der Waals surface area contributed by atoms with Gasteiger partial charge in [0.2, 0.25) is 5.82 Å². The second-order valence-electron chi connectivity index (χ2n) is 3.38. The first-order chi connectivity index (χ1) is 7.47. The Bertz CT molecular complexity index is 390. The van der Waals surface area contributed by atoms with E-state index in [2.05, 4.69) is 10.4 Å². The van der Waals surface area contributed by atoms with E-state index in [0.717, 1.165) is 0 Å². The van der Waals surface area contributed by atoms with E-state index in [0.29, 0.717) is 5.69 Å². The van der Waals surface area contributed by atoms with Gasteiger partial charge in [0.25, 0.3) is 0 Å². The average Bonchev–Trinajstić information content (AvgIpc) is 2.49. The molecule has 0 saturated heterocycles. The standard InChI is InChI=1S/C8H14N4O4/c1-5-7(12(15)16)8(11(2)10-5)9-3-6(14)4-13/h6,9,13-14H,3-4H2,1-2H3/t6-/m0/s1. The molecule has 0 aliphatic rings. The molecule has 8 nitrogen and oxygen atoms in total. The summed E-state index contributed by atoms with van der Waals surface area (Å²) in [5, 5.41) is 35.1. The second-order valence-corrected chi connectivity index (χ2v) is 3.38. The molecule has 0 fully saturated rings. The maximum atomic E-state index is 10.8. The zero-order chi connectivity index (χ0) is 12.3. The van der Waals surface area contributed by atoms with E-state index >= 15 is 0 Å². The lowest BCUT2D eigenvalue weighted by Crippen LogP contribution is -2.24. The Kier molecular flexibility index (Phi) is 3.80. The Morgan fingerprint density at radius 1 is 1.69 bits per heavy atom. The van der Waals surface area contributed by atoms with Crippen molar-refractivity contribution >= 4 is 11.5 Å². The van der Waals surface area contributed by atoms with Crippen LogP contribution in [0.25, 0.3) is 0 Å². The summed E-state index contributed by atoms with van der Waals surface area (Å²) in [7, 11) is 1.56. The maximum absolute atomic E-state index is 10.8. The number of nitro groups is 1. The van der Waals surface area contributed by atoms with Gasteiger partial charge in [0, 0.05) is 13.6 Å². The van der Waals surface area contributed by atoms with Crippen LogP contribution in [-0.4, -0.2) is 44.2 Å². The summed E-state index contributed by atoms with van der Waals surface area (Å²) in [5.74, 6) is 0.218. The van der Waals surface area contributed by atoms with E-state index in [9.17, 15) is 10.1 Å². The molecule has 90 valence electrons. The summed E-state index contributed by atoms with van der Waals surface area (Å²) >= 11 is 0. The van der Waals surface area contributed by atoms with Gasteiger partial charge in [-0.3, -0.25) is 10.1 Å². The second kappa shape index (κ2) is 4.90. The summed E-state index contributed by atoms with van der Waals surface area (Å²) in [6, 6.07) is 0. The van der Waals surface area contributed by atoms with Crippen LogP contribution >= 0.6 is 0 Å². The molecule has 0 spiro atoms. The first-order valence-electron chi connectivity index (χ1n) is 4.68.